The lowest BCUT2D eigenvalue weighted by molar-refractivity contribution is -0.139. The Morgan fingerprint density at radius 2 is 1.84 bits per heavy atom. The van der Waals surface area contributed by atoms with Crippen molar-refractivity contribution in [2.75, 3.05) is 11.5 Å². The molecule has 0 aliphatic carbocycles. The van der Waals surface area contributed by atoms with Crippen LogP contribution in [0.5, 0.6) is 0 Å². The minimum Gasteiger partial charge on any atom is -0.480 e. The Morgan fingerprint density at radius 3 is 2.32 bits per heavy atom. The number of rotatable bonds is 9. The fourth-order valence-electron chi connectivity index (χ4n) is 1.59. The Labute approximate surface area is 119 Å². The molecule has 0 spiro atoms. The summed E-state index contributed by atoms with van der Waals surface area (Å²) < 4.78 is 0. The van der Waals surface area contributed by atoms with Gasteiger partial charge in [-0.2, -0.15) is 11.8 Å². The number of urea groups is 1. The summed E-state index contributed by atoms with van der Waals surface area (Å²) in [5.74, 6) is 1.29. The van der Waals surface area contributed by atoms with Gasteiger partial charge in [0.1, 0.15) is 6.04 Å². The Kier molecular flexibility index (Phi) is 9.47. The van der Waals surface area contributed by atoms with Crippen LogP contribution in [0.15, 0.2) is 0 Å². The van der Waals surface area contributed by atoms with Crippen LogP contribution in [-0.2, 0) is 4.79 Å². The highest BCUT2D eigenvalue weighted by Gasteiger charge is 2.21. The fraction of sp³-hybridized carbons (Fsp3) is 0.846. The van der Waals surface area contributed by atoms with E-state index in [1.54, 1.807) is 0 Å². The van der Waals surface area contributed by atoms with Crippen molar-refractivity contribution in [3.05, 3.63) is 0 Å². The van der Waals surface area contributed by atoms with E-state index in [-0.39, 0.29) is 12.0 Å². The van der Waals surface area contributed by atoms with Gasteiger partial charge >= 0.3 is 12.0 Å². The first-order valence-corrected chi connectivity index (χ1v) is 7.89. The molecule has 0 fully saturated rings. The van der Waals surface area contributed by atoms with Crippen molar-refractivity contribution < 1.29 is 14.7 Å². The van der Waals surface area contributed by atoms with E-state index < -0.39 is 18.0 Å². The van der Waals surface area contributed by atoms with Crippen LogP contribution in [0.2, 0.25) is 0 Å². The van der Waals surface area contributed by atoms with Gasteiger partial charge in [-0.1, -0.05) is 20.8 Å². The molecule has 5 nitrogen and oxygen atoms in total. The summed E-state index contributed by atoms with van der Waals surface area (Å²) in [6.07, 6.45) is 1.32. The fourth-order valence-corrected chi connectivity index (χ4v) is 2.40. The first-order chi connectivity index (χ1) is 8.86. The molecule has 0 aromatic carbocycles. The van der Waals surface area contributed by atoms with Crippen molar-refractivity contribution >= 4 is 23.8 Å². The third-order valence-corrected chi connectivity index (χ3v) is 3.52. The second kappa shape index (κ2) is 9.95. The highest BCUT2D eigenvalue weighted by atomic mass is 32.2. The molecule has 2 unspecified atom stereocenters. The number of hydrogen-bond donors (Lipinski definition) is 3. The SMILES string of the molecule is CCSCCC(C)NC(=O)NC(CC(C)C)C(=O)O. The molecule has 6 heteroatoms. The Bertz CT molecular complexity index is 285. The van der Waals surface area contributed by atoms with Gasteiger partial charge < -0.3 is 15.7 Å². The zero-order valence-electron chi connectivity index (χ0n) is 12.2. The second-order valence-corrected chi connectivity index (χ2v) is 6.42. The molecule has 3 N–H and O–H groups in total. The number of amides is 2. The molecule has 0 saturated carbocycles. The van der Waals surface area contributed by atoms with Crippen molar-refractivity contribution in [2.24, 2.45) is 5.92 Å². The molecule has 2 amide bonds. The molecule has 0 radical (unpaired) electrons. The van der Waals surface area contributed by atoms with E-state index in [1.807, 2.05) is 32.5 Å². The summed E-state index contributed by atoms with van der Waals surface area (Å²) >= 11 is 1.82. The molecule has 0 aromatic rings. The number of carboxylic acids is 1. The first kappa shape index (κ1) is 18.1. The summed E-state index contributed by atoms with van der Waals surface area (Å²) in [7, 11) is 0. The second-order valence-electron chi connectivity index (χ2n) is 5.02. The van der Waals surface area contributed by atoms with Gasteiger partial charge in [0.05, 0.1) is 0 Å². The van der Waals surface area contributed by atoms with Crippen LogP contribution in [0.4, 0.5) is 4.79 Å². The third kappa shape index (κ3) is 9.64. The molecular weight excluding hydrogens is 264 g/mol. The number of carbonyl (C=O) groups excluding carboxylic acids is 1. The van der Waals surface area contributed by atoms with E-state index >= 15 is 0 Å². The maximum Gasteiger partial charge on any atom is 0.326 e. The van der Waals surface area contributed by atoms with Gasteiger partial charge in [0.15, 0.2) is 0 Å². The van der Waals surface area contributed by atoms with E-state index in [4.69, 9.17) is 5.11 Å². The Morgan fingerprint density at radius 1 is 1.21 bits per heavy atom. The number of aliphatic carboxylic acids is 1. The van der Waals surface area contributed by atoms with E-state index in [0.717, 1.165) is 17.9 Å². The number of thioether (sulfide) groups is 1. The predicted octanol–water partition coefficient (Wildman–Crippen LogP) is 2.32. The minimum atomic E-state index is -0.988. The lowest BCUT2D eigenvalue weighted by Gasteiger charge is -2.19. The summed E-state index contributed by atoms with van der Waals surface area (Å²) in [6.45, 7) is 7.88. The smallest absolute Gasteiger partial charge is 0.326 e. The molecule has 0 bridgehead atoms. The van der Waals surface area contributed by atoms with Crippen molar-refractivity contribution in [2.45, 2.75) is 52.6 Å². The molecular formula is C13H26N2O3S. The normalized spacial score (nSPS) is 13.9. The lowest BCUT2D eigenvalue weighted by atomic mass is 10.0. The average molecular weight is 290 g/mol. The van der Waals surface area contributed by atoms with Gasteiger partial charge in [-0.3, -0.25) is 0 Å². The van der Waals surface area contributed by atoms with Crippen molar-refractivity contribution in [1.29, 1.82) is 0 Å². The topological polar surface area (TPSA) is 78.4 Å². The van der Waals surface area contributed by atoms with Gasteiger partial charge in [0.25, 0.3) is 0 Å². The van der Waals surface area contributed by atoms with Crippen molar-refractivity contribution in [3.63, 3.8) is 0 Å². The average Bonchev–Trinajstić information content (AvgIpc) is 2.27. The molecule has 19 heavy (non-hydrogen) atoms. The van der Waals surface area contributed by atoms with Gasteiger partial charge in [-0.25, -0.2) is 9.59 Å². The highest BCUT2D eigenvalue weighted by molar-refractivity contribution is 7.99. The van der Waals surface area contributed by atoms with Crippen LogP contribution in [-0.4, -0.2) is 40.7 Å². The Hall–Kier alpha value is -0.910. The maximum absolute atomic E-state index is 11.7. The van der Waals surface area contributed by atoms with E-state index in [9.17, 15) is 9.59 Å². The lowest BCUT2D eigenvalue weighted by Crippen LogP contribution is -2.48. The standard InChI is InChI=1S/C13H26N2O3S/c1-5-19-7-6-10(4)14-13(18)15-11(12(16)17)8-9(2)3/h9-11H,5-8H2,1-4H3,(H,16,17)(H2,14,15,18). The molecule has 0 saturated heterocycles. The first-order valence-electron chi connectivity index (χ1n) is 6.74. The number of nitrogens with one attached hydrogen (secondary N) is 2. The highest BCUT2D eigenvalue weighted by Crippen LogP contribution is 2.06. The summed E-state index contributed by atoms with van der Waals surface area (Å²) in [5.41, 5.74) is 0. The van der Waals surface area contributed by atoms with Crippen molar-refractivity contribution in [1.82, 2.24) is 10.6 Å². The van der Waals surface area contributed by atoms with Gasteiger partial charge in [0, 0.05) is 6.04 Å². The predicted molar refractivity (Wildman–Crippen MR) is 79.6 cm³/mol. The maximum atomic E-state index is 11.7. The third-order valence-electron chi connectivity index (χ3n) is 2.59. The molecule has 0 aliphatic rings. The quantitative estimate of drug-likeness (QED) is 0.569. The molecule has 0 rings (SSSR count). The largest absolute Gasteiger partial charge is 0.480 e. The zero-order valence-corrected chi connectivity index (χ0v) is 13.0. The van der Waals surface area contributed by atoms with Gasteiger partial charge in [-0.15, -0.1) is 0 Å². The van der Waals surface area contributed by atoms with Crippen LogP contribution >= 0.6 is 11.8 Å². The monoisotopic (exact) mass is 290 g/mol. The van der Waals surface area contributed by atoms with Crippen LogP contribution in [0.25, 0.3) is 0 Å². The Balaban J connectivity index is 4.08. The summed E-state index contributed by atoms with van der Waals surface area (Å²) in [5, 5.41) is 14.3. The van der Waals surface area contributed by atoms with Gasteiger partial charge in [0.2, 0.25) is 0 Å². The molecule has 2 atom stereocenters. The number of carboxylic acid groups (broad SMARTS) is 1. The van der Waals surface area contributed by atoms with Crippen molar-refractivity contribution in [3.8, 4) is 0 Å². The molecule has 0 aromatic heterocycles. The summed E-state index contributed by atoms with van der Waals surface area (Å²) in [6, 6.07) is -1.17. The van der Waals surface area contributed by atoms with Crippen LogP contribution in [0.3, 0.4) is 0 Å². The van der Waals surface area contributed by atoms with E-state index in [0.29, 0.717) is 6.42 Å². The van der Waals surface area contributed by atoms with Crippen LogP contribution in [0, 0.1) is 5.92 Å². The van der Waals surface area contributed by atoms with E-state index in [1.165, 1.54) is 0 Å². The molecule has 112 valence electrons. The minimum absolute atomic E-state index is 0.0487. The zero-order chi connectivity index (χ0) is 14.8. The summed E-state index contributed by atoms with van der Waals surface area (Å²) in [4.78, 5) is 22.7. The van der Waals surface area contributed by atoms with Crippen LogP contribution < -0.4 is 10.6 Å². The van der Waals surface area contributed by atoms with Crippen LogP contribution in [0.1, 0.15) is 40.5 Å². The molecule has 0 aliphatic heterocycles. The molecule has 0 heterocycles. The van der Waals surface area contributed by atoms with E-state index in [2.05, 4.69) is 17.6 Å². The number of hydrogen-bond acceptors (Lipinski definition) is 3. The number of carbonyl (C=O) groups is 2. The van der Waals surface area contributed by atoms with Gasteiger partial charge in [-0.05, 0) is 37.2 Å².